The lowest BCUT2D eigenvalue weighted by atomic mass is 9.92. The molecule has 1 fully saturated rings. The van der Waals surface area contributed by atoms with E-state index in [0.29, 0.717) is 12.5 Å². The van der Waals surface area contributed by atoms with E-state index in [1.54, 1.807) is 7.05 Å². The monoisotopic (exact) mass is 228 g/mol. The van der Waals surface area contributed by atoms with E-state index >= 15 is 0 Å². The van der Waals surface area contributed by atoms with Crippen LogP contribution in [0.5, 0.6) is 0 Å². The van der Waals surface area contributed by atoms with E-state index in [2.05, 4.69) is 24.1 Å². The Morgan fingerprint density at radius 2 is 2.12 bits per heavy atom. The molecule has 0 aromatic heterocycles. The molecule has 2 N–H and O–H groups in total. The highest BCUT2D eigenvalue weighted by Gasteiger charge is 2.50. The molecule has 0 radical (unpaired) electrons. The Morgan fingerprint density at radius 1 is 1.50 bits per heavy atom. The van der Waals surface area contributed by atoms with E-state index in [1.807, 2.05) is 0 Å². The summed E-state index contributed by atoms with van der Waals surface area (Å²) in [6.45, 7) is 6.72. The second kappa shape index (κ2) is 5.64. The van der Waals surface area contributed by atoms with Crippen LogP contribution >= 0.6 is 0 Å². The molecule has 1 aliphatic carbocycles. The molecule has 0 aromatic carbocycles. The number of carboxylic acids is 1. The summed E-state index contributed by atoms with van der Waals surface area (Å²) in [6, 6.07) is 0. The topological polar surface area (TPSA) is 52.6 Å². The summed E-state index contributed by atoms with van der Waals surface area (Å²) in [6.07, 6.45) is 3.14. The van der Waals surface area contributed by atoms with Gasteiger partial charge in [-0.3, -0.25) is 4.79 Å². The van der Waals surface area contributed by atoms with Crippen LogP contribution < -0.4 is 5.32 Å². The van der Waals surface area contributed by atoms with Crippen LogP contribution in [0.15, 0.2) is 0 Å². The van der Waals surface area contributed by atoms with Gasteiger partial charge in [-0.1, -0.05) is 13.8 Å². The Balaban J connectivity index is 2.72. The zero-order chi connectivity index (χ0) is 12.2. The minimum Gasteiger partial charge on any atom is -0.480 e. The van der Waals surface area contributed by atoms with Crippen molar-refractivity contribution in [3.63, 3.8) is 0 Å². The number of hydrogen-bond donors (Lipinski definition) is 2. The number of carbonyl (C=O) groups is 1. The first-order chi connectivity index (χ1) is 7.60. The molecule has 1 aliphatic rings. The lowest BCUT2D eigenvalue weighted by Crippen LogP contribution is -2.59. The third-order valence-corrected chi connectivity index (χ3v) is 3.56. The van der Waals surface area contributed by atoms with Gasteiger partial charge < -0.3 is 15.3 Å². The van der Waals surface area contributed by atoms with Crippen LogP contribution in [0.4, 0.5) is 0 Å². The Kier molecular flexibility index (Phi) is 4.74. The molecule has 0 spiro atoms. The van der Waals surface area contributed by atoms with E-state index in [-0.39, 0.29) is 0 Å². The standard InChI is InChI=1S/C12H24N2O2/c1-4-8-14(5-2)9-12(13-3,11(15)16)10-6-7-10/h10,13H,4-9H2,1-3H3,(H,15,16). The SMILES string of the molecule is CCCN(CC)CC(NC)(C(=O)O)C1CC1. The van der Waals surface area contributed by atoms with Gasteiger partial charge in [0.1, 0.15) is 5.54 Å². The average Bonchev–Trinajstić information content (AvgIpc) is 3.08. The van der Waals surface area contributed by atoms with Crippen LogP contribution in [0.3, 0.4) is 0 Å². The lowest BCUT2D eigenvalue weighted by molar-refractivity contribution is -0.146. The number of carboxylic acid groups (broad SMARTS) is 1. The van der Waals surface area contributed by atoms with Gasteiger partial charge in [0, 0.05) is 6.54 Å². The molecular weight excluding hydrogens is 204 g/mol. The van der Waals surface area contributed by atoms with Gasteiger partial charge in [-0.05, 0) is 45.3 Å². The number of nitrogens with zero attached hydrogens (tertiary/aromatic N) is 1. The predicted molar refractivity (Wildman–Crippen MR) is 64.6 cm³/mol. The quantitative estimate of drug-likeness (QED) is 0.655. The highest BCUT2D eigenvalue weighted by atomic mass is 16.4. The molecule has 1 saturated carbocycles. The largest absolute Gasteiger partial charge is 0.480 e. The maximum Gasteiger partial charge on any atom is 0.325 e. The number of rotatable bonds is 8. The van der Waals surface area contributed by atoms with Crippen molar-refractivity contribution in [1.82, 2.24) is 10.2 Å². The van der Waals surface area contributed by atoms with Crippen molar-refractivity contribution in [3.8, 4) is 0 Å². The molecule has 0 heterocycles. The third kappa shape index (κ3) is 2.74. The number of hydrogen-bond acceptors (Lipinski definition) is 3. The Labute approximate surface area is 98.0 Å². The molecule has 16 heavy (non-hydrogen) atoms. The second-order valence-corrected chi connectivity index (χ2v) is 4.67. The summed E-state index contributed by atoms with van der Waals surface area (Å²) < 4.78 is 0. The smallest absolute Gasteiger partial charge is 0.325 e. The van der Waals surface area contributed by atoms with Gasteiger partial charge in [0.2, 0.25) is 0 Å². The van der Waals surface area contributed by atoms with E-state index < -0.39 is 11.5 Å². The number of likely N-dealkylation sites (N-methyl/N-ethyl adjacent to an activating group) is 2. The van der Waals surface area contributed by atoms with Crippen molar-refractivity contribution in [2.24, 2.45) is 5.92 Å². The molecule has 4 heteroatoms. The van der Waals surface area contributed by atoms with Gasteiger partial charge in [0.25, 0.3) is 0 Å². The van der Waals surface area contributed by atoms with E-state index in [9.17, 15) is 9.90 Å². The van der Waals surface area contributed by atoms with E-state index in [1.165, 1.54) is 0 Å². The fourth-order valence-electron chi connectivity index (χ4n) is 2.36. The van der Waals surface area contributed by atoms with Crippen LogP contribution in [0.2, 0.25) is 0 Å². The maximum absolute atomic E-state index is 11.5. The van der Waals surface area contributed by atoms with E-state index in [0.717, 1.165) is 32.4 Å². The normalized spacial score (nSPS) is 19.8. The van der Waals surface area contributed by atoms with Gasteiger partial charge in [-0.2, -0.15) is 0 Å². The number of aliphatic carboxylic acids is 1. The van der Waals surface area contributed by atoms with Crippen LogP contribution in [0, 0.1) is 5.92 Å². The Morgan fingerprint density at radius 3 is 2.44 bits per heavy atom. The predicted octanol–water partition coefficient (Wildman–Crippen LogP) is 1.17. The minimum absolute atomic E-state index is 0.306. The summed E-state index contributed by atoms with van der Waals surface area (Å²) >= 11 is 0. The molecule has 0 amide bonds. The molecule has 1 rings (SSSR count). The van der Waals surface area contributed by atoms with Gasteiger partial charge in [0.15, 0.2) is 0 Å². The molecule has 1 atom stereocenters. The molecule has 0 bridgehead atoms. The van der Waals surface area contributed by atoms with E-state index in [4.69, 9.17) is 0 Å². The molecule has 4 nitrogen and oxygen atoms in total. The van der Waals surface area contributed by atoms with Gasteiger partial charge in [-0.25, -0.2) is 0 Å². The number of nitrogens with one attached hydrogen (secondary N) is 1. The fraction of sp³-hybridized carbons (Fsp3) is 0.917. The van der Waals surface area contributed by atoms with Crippen LogP contribution in [0.25, 0.3) is 0 Å². The van der Waals surface area contributed by atoms with Crippen LogP contribution in [-0.2, 0) is 4.79 Å². The van der Waals surface area contributed by atoms with Crippen molar-refractivity contribution in [2.45, 2.75) is 38.6 Å². The molecular formula is C12H24N2O2. The average molecular weight is 228 g/mol. The van der Waals surface area contributed by atoms with Crippen molar-refractivity contribution >= 4 is 5.97 Å². The third-order valence-electron chi connectivity index (χ3n) is 3.56. The van der Waals surface area contributed by atoms with Crippen LogP contribution in [0.1, 0.15) is 33.1 Å². The summed E-state index contributed by atoms with van der Waals surface area (Å²) in [4.78, 5) is 13.7. The summed E-state index contributed by atoms with van der Waals surface area (Å²) in [5.74, 6) is -0.395. The van der Waals surface area contributed by atoms with Crippen LogP contribution in [-0.4, -0.2) is 48.2 Å². The maximum atomic E-state index is 11.5. The Hall–Kier alpha value is -0.610. The van der Waals surface area contributed by atoms with Crippen molar-refractivity contribution in [1.29, 1.82) is 0 Å². The fourth-order valence-corrected chi connectivity index (χ4v) is 2.36. The molecule has 0 aliphatic heterocycles. The van der Waals surface area contributed by atoms with Crippen molar-refractivity contribution in [3.05, 3.63) is 0 Å². The summed E-state index contributed by atoms with van der Waals surface area (Å²) in [7, 11) is 1.77. The first-order valence-electron chi connectivity index (χ1n) is 6.25. The Bertz CT molecular complexity index is 241. The molecule has 94 valence electrons. The molecule has 1 unspecified atom stereocenters. The van der Waals surface area contributed by atoms with Crippen molar-refractivity contribution in [2.75, 3.05) is 26.7 Å². The van der Waals surface area contributed by atoms with Gasteiger partial charge in [0.05, 0.1) is 0 Å². The highest BCUT2D eigenvalue weighted by Crippen LogP contribution is 2.40. The molecule has 0 aromatic rings. The lowest BCUT2D eigenvalue weighted by Gasteiger charge is -2.34. The first kappa shape index (κ1) is 13.5. The second-order valence-electron chi connectivity index (χ2n) is 4.67. The zero-order valence-electron chi connectivity index (χ0n) is 10.6. The summed E-state index contributed by atoms with van der Waals surface area (Å²) in [5.41, 5.74) is -0.731. The first-order valence-corrected chi connectivity index (χ1v) is 6.25. The summed E-state index contributed by atoms with van der Waals surface area (Å²) in [5, 5.41) is 12.5. The highest BCUT2D eigenvalue weighted by molar-refractivity contribution is 5.80. The molecule has 0 saturated heterocycles. The zero-order valence-corrected chi connectivity index (χ0v) is 10.6. The van der Waals surface area contributed by atoms with Crippen molar-refractivity contribution < 1.29 is 9.90 Å². The van der Waals surface area contributed by atoms with Gasteiger partial charge in [-0.15, -0.1) is 0 Å². The van der Waals surface area contributed by atoms with Gasteiger partial charge >= 0.3 is 5.97 Å². The minimum atomic E-state index is -0.731.